The van der Waals surface area contributed by atoms with Crippen LogP contribution in [0.1, 0.15) is 0 Å². The van der Waals surface area contributed by atoms with Gasteiger partial charge in [0.05, 0.1) is 23.0 Å². The number of nitrogens with zero attached hydrogens (tertiary/aromatic N) is 1. The highest BCUT2D eigenvalue weighted by Crippen LogP contribution is 2.24. The van der Waals surface area contributed by atoms with Crippen molar-refractivity contribution < 1.29 is 8.42 Å². The molecule has 105 valence electrons. The highest BCUT2D eigenvalue weighted by Gasteiger charge is 2.15. The van der Waals surface area contributed by atoms with Crippen LogP contribution in [0.3, 0.4) is 0 Å². The zero-order chi connectivity index (χ0) is 14.9. The zero-order valence-electron chi connectivity index (χ0n) is 10.7. The van der Waals surface area contributed by atoms with Crippen molar-refractivity contribution >= 4 is 38.1 Å². The fourth-order valence-corrected chi connectivity index (χ4v) is 3.14. The molecule has 0 bridgehead atoms. The van der Waals surface area contributed by atoms with Crippen LogP contribution >= 0.6 is 11.6 Å². The topological polar surface area (TPSA) is 59.1 Å². The molecule has 0 saturated carbocycles. The molecule has 2 aromatic carbocycles. The summed E-state index contributed by atoms with van der Waals surface area (Å²) in [7, 11) is -3.68. The van der Waals surface area contributed by atoms with Gasteiger partial charge in [-0.05, 0) is 24.3 Å². The number of aromatic nitrogens is 1. The van der Waals surface area contributed by atoms with Crippen LogP contribution in [0.25, 0.3) is 10.8 Å². The van der Waals surface area contributed by atoms with Gasteiger partial charge in [-0.1, -0.05) is 35.9 Å². The molecule has 3 aromatic rings. The van der Waals surface area contributed by atoms with E-state index in [4.69, 9.17) is 11.6 Å². The third kappa shape index (κ3) is 2.84. The molecule has 1 radical (unpaired) electrons. The summed E-state index contributed by atoms with van der Waals surface area (Å²) in [5.41, 5.74) is 0.416. The first-order valence-electron chi connectivity index (χ1n) is 6.10. The van der Waals surface area contributed by atoms with Gasteiger partial charge in [0, 0.05) is 15.8 Å². The van der Waals surface area contributed by atoms with E-state index in [1.54, 1.807) is 0 Å². The molecule has 0 aliphatic rings. The maximum atomic E-state index is 12.4. The van der Waals surface area contributed by atoms with E-state index in [0.717, 1.165) is 10.8 Å². The van der Waals surface area contributed by atoms with E-state index in [0.29, 0.717) is 10.7 Å². The summed E-state index contributed by atoms with van der Waals surface area (Å²) >= 11 is 5.77. The number of sulfonamides is 1. The van der Waals surface area contributed by atoms with Crippen molar-refractivity contribution in [3.05, 3.63) is 65.9 Å². The lowest BCUT2D eigenvalue weighted by Crippen LogP contribution is -2.13. The van der Waals surface area contributed by atoms with E-state index in [1.165, 1.54) is 30.5 Å². The predicted molar refractivity (Wildman–Crippen MR) is 82.8 cm³/mol. The summed E-state index contributed by atoms with van der Waals surface area (Å²) in [6.07, 6.45) is 4.26. The number of anilines is 1. The molecule has 6 heteroatoms. The first-order chi connectivity index (χ1) is 10.1. The fraction of sp³-hybridized carbons (Fsp3) is 0. The third-order valence-electron chi connectivity index (χ3n) is 2.96. The Hall–Kier alpha value is -2.11. The summed E-state index contributed by atoms with van der Waals surface area (Å²) in [5, 5.41) is 1.97. The predicted octanol–water partition coefficient (Wildman–Crippen LogP) is 3.49. The fourth-order valence-electron chi connectivity index (χ4n) is 1.95. The minimum Gasteiger partial charge on any atom is -0.277 e. The summed E-state index contributed by atoms with van der Waals surface area (Å²) in [5.74, 6) is 0. The van der Waals surface area contributed by atoms with Crippen LogP contribution in [0.15, 0.2) is 59.6 Å². The summed E-state index contributed by atoms with van der Waals surface area (Å²) in [6.45, 7) is 0. The lowest BCUT2D eigenvalue weighted by molar-refractivity contribution is 0.601. The monoisotopic (exact) mass is 317 g/mol. The molecule has 1 aromatic heterocycles. The number of pyridine rings is 1. The smallest absolute Gasteiger partial charge is 0.261 e. The molecule has 21 heavy (non-hydrogen) atoms. The number of rotatable bonds is 3. The van der Waals surface area contributed by atoms with Gasteiger partial charge in [0.2, 0.25) is 0 Å². The summed E-state index contributed by atoms with van der Waals surface area (Å²) in [4.78, 5) is 4.07. The van der Waals surface area contributed by atoms with E-state index >= 15 is 0 Å². The highest BCUT2D eigenvalue weighted by molar-refractivity contribution is 7.92. The van der Waals surface area contributed by atoms with Crippen LogP contribution in [0.5, 0.6) is 0 Å². The van der Waals surface area contributed by atoms with Gasteiger partial charge in [0.25, 0.3) is 10.0 Å². The molecule has 0 atom stereocenters. The second kappa shape index (κ2) is 5.35. The van der Waals surface area contributed by atoms with Crippen molar-refractivity contribution in [1.29, 1.82) is 0 Å². The Labute approximate surface area is 127 Å². The van der Waals surface area contributed by atoms with Crippen molar-refractivity contribution in [3.8, 4) is 0 Å². The maximum absolute atomic E-state index is 12.4. The van der Waals surface area contributed by atoms with Crippen LogP contribution in [0.4, 0.5) is 5.69 Å². The zero-order valence-corrected chi connectivity index (χ0v) is 12.3. The number of hydrogen-bond acceptors (Lipinski definition) is 3. The Kier molecular flexibility index (Phi) is 3.53. The Morgan fingerprint density at radius 1 is 1.05 bits per heavy atom. The minimum absolute atomic E-state index is 0.142. The molecule has 1 heterocycles. The number of fused-ring (bicyclic) bond motifs is 1. The first-order valence-corrected chi connectivity index (χ1v) is 7.96. The van der Waals surface area contributed by atoms with E-state index in [-0.39, 0.29) is 4.90 Å². The van der Waals surface area contributed by atoms with Crippen molar-refractivity contribution in [2.75, 3.05) is 4.72 Å². The molecule has 0 fully saturated rings. The van der Waals surface area contributed by atoms with E-state index in [1.807, 2.05) is 24.3 Å². The number of benzene rings is 2. The van der Waals surface area contributed by atoms with Crippen molar-refractivity contribution in [2.24, 2.45) is 0 Å². The van der Waals surface area contributed by atoms with Gasteiger partial charge >= 0.3 is 0 Å². The van der Waals surface area contributed by atoms with E-state index in [9.17, 15) is 8.42 Å². The normalized spacial score (nSPS) is 11.5. The molecule has 3 rings (SSSR count). The van der Waals surface area contributed by atoms with Crippen LogP contribution < -0.4 is 4.72 Å². The molecule has 0 saturated heterocycles. The second-order valence-corrected chi connectivity index (χ2v) is 6.51. The number of nitrogens with one attached hydrogen (secondary N) is 1. The Morgan fingerprint density at radius 2 is 1.76 bits per heavy atom. The molecular formula is C15H10ClN2O2S. The quantitative estimate of drug-likeness (QED) is 0.804. The van der Waals surface area contributed by atoms with Crippen molar-refractivity contribution in [3.63, 3.8) is 0 Å². The van der Waals surface area contributed by atoms with Gasteiger partial charge in [-0.25, -0.2) is 8.42 Å². The highest BCUT2D eigenvalue weighted by atomic mass is 35.5. The molecule has 0 aliphatic heterocycles. The largest absolute Gasteiger partial charge is 0.277 e. The minimum atomic E-state index is -3.68. The molecular weight excluding hydrogens is 308 g/mol. The third-order valence-corrected chi connectivity index (χ3v) is 4.60. The Bertz CT molecular complexity index is 888. The van der Waals surface area contributed by atoms with Gasteiger partial charge in [-0.3, -0.25) is 9.71 Å². The number of hydrogen-bond donors (Lipinski definition) is 1. The van der Waals surface area contributed by atoms with Crippen molar-refractivity contribution in [1.82, 2.24) is 4.98 Å². The van der Waals surface area contributed by atoms with Crippen LogP contribution in [-0.4, -0.2) is 13.4 Å². The standard InChI is InChI=1S/C15H10ClN2O2S/c16-12-5-7-13(8-6-12)21(19,20)18-15-10-17-9-11-3-1-2-4-14(11)15/h1-8,10,18H. The van der Waals surface area contributed by atoms with Gasteiger partial charge in [0.15, 0.2) is 0 Å². The lowest BCUT2D eigenvalue weighted by Gasteiger charge is -2.10. The van der Waals surface area contributed by atoms with Gasteiger partial charge in [-0.15, -0.1) is 0 Å². The van der Waals surface area contributed by atoms with Crippen LogP contribution in [0.2, 0.25) is 5.02 Å². The molecule has 0 spiro atoms. The molecule has 1 N–H and O–H groups in total. The second-order valence-electron chi connectivity index (χ2n) is 4.39. The van der Waals surface area contributed by atoms with Gasteiger partial charge < -0.3 is 0 Å². The average Bonchev–Trinajstić information content (AvgIpc) is 2.48. The summed E-state index contributed by atoms with van der Waals surface area (Å²) in [6, 6.07) is 13.3. The average molecular weight is 318 g/mol. The Balaban J connectivity index is 2.03. The maximum Gasteiger partial charge on any atom is 0.261 e. The molecule has 0 unspecified atom stereocenters. The number of halogens is 1. The first kappa shape index (κ1) is 13.9. The van der Waals surface area contributed by atoms with Gasteiger partial charge in [-0.2, -0.15) is 0 Å². The van der Waals surface area contributed by atoms with E-state index < -0.39 is 10.0 Å². The van der Waals surface area contributed by atoms with E-state index in [2.05, 4.69) is 15.9 Å². The van der Waals surface area contributed by atoms with Crippen LogP contribution in [-0.2, 0) is 10.0 Å². The van der Waals surface area contributed by atoms with Crippen LogP contribution in [0, 0.1) is 6.20 Å². The van der Waals surface area contributed by atoms with Gasteiger partial charge in [0.1, 0.15) is 0 Å². The Morgan fingerprint density at radius 3 is 2.52 bits per heavy atom. The molecule has 0 aliphatic carbocycles. The van der Waals surface area contributed by atoms with Crippen molar-refractivity contribution in [2.45, 2.75) is 4.90 Å². The summed E-state index contributed by atoms with van der Waals surface area (Å²) < 4.78 is 27.3. The SMILES string of the molecule is O=S(=O)(Nc1cn[c]c2ccccc12)c1ccc(Cl)cc1. The molecule has 0 amide bonds. The molecule has 4 nitrogen and oxygen atoms in total. The lowest BCUT2D eigenvalue weighted by atomic mass is 10.1.